The number of aromatic nitrogens is 2. The second-order valence-electron chi connectivity index (χ2n) is 4.85. The Hall–Kier alpha value is -1.84. The summed E-state index contributed by atoms with van der Waals surface area (Å²) in [7, 11) is 0. The van der Waals surface area contributed by atoms with Gasteiger partial charge in [0.15, 0.2) is 0 Å². The summed E-state index contributed by atoms with van der Waals surface area (Å²) in [6.45, 7) is 2.82. The Labute approximate surface area is 123 Å². The molecule has 1 unspecified atom stereocenters. The summed E-state index contributed by atoms with van der Waals surface area (Å²) in [6, 6.07) is 12.3. The molecule has 0 saturated heterocycles. The van der Waals surface area contributed by atoms with Crippen LogP contribution in [-0.4, -0.2) is 9.97 Å². The molecule has 0 bridgehead atoms. The standard InChI is InChI=1S/C16H16ClN3/c1-11(12-5-4-8-18-9-12)19-10-15-16(17)13-6-2-3-7-14(13)20-15/h2-9,11,19-20H,10H2,1H3. The molecule has 0 aliphatic rings. The van der Waals surface area contributed by atoms with Gasteiger partial charge in [-0.1, -0.05) is 35.9 Å². The fourth-order valence-electron chi connectivity index (χ4n) is 2.29. The lowest BCUT2D eigenvalue weighted by Gasteiger charge is -2.13. The summed E-state index contributed by atoms with van der Waals surface area (Å²) < 4.78 is 0. The monoisotopic (exact) mass is 285 g/mol. The van der Waals surface area contributed by atoms with Gasteiger partial charge in [-0.05, 0) is 24.6 Å². The van der Waals surface area contributed by atoms with Crippen molar-refractivity contribution in [3.8, 4) is 0 Å². The number of hydrogen-bond acceptors (Lipinski definition) is 2. The molecule has 1 atom stereocenters. The van der Waals surface area contributed by atoms with Crippen LogP contribution >= 0.6 is 11.6 Å². The van der Waals surface area contributed by atoms with Crippen molar-refractivity contribution in [3.05, 3.63) is 65.1 Å². The molecule has 102 valence electrons. The molecule has 0 amide bonds. The van der Waals surface area contributed by atoms with E-state index in [2.05, 4.69) is 28.3 Å². The van der Waals surface area contributed by atoms with Gasteiger partial charge in [0.2, 0.25) is 0 Å². The van der Waals surface area contributed by atoms with E-state index in [-0.39, 0.29) is 6.04 Å². The van der Waals surface area contributed by atoms with Gasteiger partial charge in [0.05, 0.1) is 5.02 Å². The largest absolute Gasteiger partial charge is 0.356 e. The predicted octanol–water partition coefficient (Wildman–Crippen LogP) is 4.07. The number of benzene rings is 1. The predicted molar refractivity (Wildman–Crippen MR) is 82.8 cm³/mol. The zero-order valence-electron chi connectivity index (χ0n) is 11.2. The number of H-pyrrole nitrogens is 1. The first-order valence-electron chi connectivity index (χ1n) is 6.64. The van der Waals surface area contributed by atoms with Crippen molar-refractivity contribution in [1.82, 2.24) is 15.3 Å². The van der Waals surface area contributed by atoms with E-state index in [1.165, 1.54) is 5.56 Å². The highest BCUT2D eigenvalue weighted by molar-refractivity contribution is 6.36. The van der Waals surface area contributed by atoms with Crippen LogP contribution < -0.4 is 5.32 Å². The number of rotatable bonds is 4. The second-order valence-corrected chi connectivity index (χ2v) is 5.23. The minimum absolute atomic E-state index is 0.228. The van der Waals surface area contributed by atoms with Crippen LogP contribution in [-0.2, 0) is 6.54 Å². The van der Waals surface area contributed by atoms with Crippen molar-refractivity contribution in [1.29, 1.82) is 0 Å². The van der Waals surface area contributed by atoms with Gasteiger partial charge in [-0.15, -0.1) is 0 Å². The van der Waals surface area contributed by atoms with Crippen molar-refractivity contribution in [2.24, 2.45) is 0 Å². The molecule has 3 rings (SSSR count). The normalized spacial score (nSPS) is 12.7. The zero-order valence-corrected chi connectivity index (χ0v) is 12.0. The third kappa shape index (κ3) is 2.55. The number of nitrogens with zero attached hydrogens (tertiary/aromatic N) is 1. The minimum atomic E-state index is 0.228. The van der Waals surface area contributed by atoms with Gasteiger partial charge in [0.25, 0.3) is 0 Å². The summed E-state index contributed by atoms with van der Waals surface area (Å²) in [6.07, 6.45) is 3.66. The number of nitrogens with one attached hydrogen (secondary N) is 2. The Bertz CT molecular complexity index is 706. The molecular weight excluding hydrogens is 270 g/mol. The topological polar surface area (TPSA) is 40.7 Å². The maximum absolute atomic E-state index is 6.40. The molecule has 0 aliphatic carbocycles. The second kappa shape index (κ2) is 5.65. The van der Waals surface area contributed by atoms with E-state index in [0.29, 0.717) is 6.54 Å². The van der Waals surface area contributed by atoms with E-state index in [0.717, 1.165) is 21.6 Å². The van der Waals surface area contributed by atoms with Crippen LogP contribution in [0.25, 0.3) is 10.9 Å². The van der Waals surface area contributed by atoms with E-state index in [9.17, 15) is 0 Å². The zero-order chi connectivity index (χ0) is 13.9. The quantitative estimate of drug-likeness (QED) is 0.759. The third-order valence-corrected chi connectivity index (χ3v) is 3.92. The molecular formula is C16H16ClN3. The maximum Gasteiger partial charge on any atom is 0.0705 e. The van der Waals surface area contributed by atoms with Gasteiger partial charge < -0.3 is 10.3 Å². The van der Waals surface area contributed by atoms with E-state index >= 15 is 0 Å². The van der Waals surface area contributed by atoms with Crippen LogP contribution in [0.2, 0.25) is 5.02 Å². The fraction of sp³-hybridized carbons (Fsp3) is 0.188. The summed E-state index contributed by atoms with van der Waals surface area (Å²) in [5, 5.41) is 5.33. The number of pyridine rings is 1. The molecule has 0 radical (unpaired) electrons. The SMILES string of the molecule is CC(NCc1[nH]c2ccccc2c1Cl)c1cccnc1. The number of hydrogen-bond donors (Lipinski definition) is 2. The van der Waals surface area contributed by atoms with Gasteiger partial charge in [-0.2, -0.15) is 0 Å². The van der Waals surface area contributed by atoms with Gasteiger partial charge in [-0.25, -0.2) is 0 Å². The molecule has 0 spiro atoms. The number of para-hydroxylation sites is 1. The van der Waals surface area contributed by atoms with Crippen molar-refractivity contribution in [2.75, 3.05) is 0 Å². The average molecular weight is 286 g/mol. The van der Waals surface area contributed by atoms with Crippen LogP contribution in [0.5, 0.6) is 0 Å². The first-order chi connectivity index (χ1) is 9.75. The summed E-state index contributed by atoms with van der Waals surface area (Å²) in [4.78, 5) is 7.50. The summed E-state index contributed by atoms with van der Waals surface area (Å²) >= 11 is 6.40. The van der Waals surface area contributed by atoms with Crippen LogP contribution in [0.4, 0.5) is 0 Å². The summed E-state index contributed by atoms with van der Waals surface area (Å²) in [5.41, 5.74) is 3.26. The Balaban J connectivity index is 1.76. The minimum Gasteiger partial charge on any atom is -0.356 e. The first-order valence-corrected chi connectivity index (χ1v) is 7.02. The van der Waals surface area contributed by atoms with E-state index in [1.807, 2.05) is 36.5 Å². The molecule has 0 saturated carbocycles. The molecule has 0 fully saturated rings. The Morgan fingerprint density at radius 2 is 2.10 bits per heavy atom. The molecule has 0 aliphatic heterocycles. The van der Waals surface area contributed by atoms with Gasteiger partial charge in [0.1, 0.15) is 0 Å². The van der Waals surface area contributed by atoms with Crippen LogP contribution in [0, 0.1) is 0 Å². The number of halogens is 1. The third-order valence-electron chi connectivity index (χ3n) is 3.48. The van der Waals surface area contributed by atoms with Crippen molar-refractivity contribution in [3.63, 3.8) is 0 Å². The Morgan fingerprint density at radius 3 is 2.85 bits per heavy atom. The van der Waals surface area contributed by atoms with Crippen molar-refractivity contribution < 1.29 is 0 Å². The summed E-state index contributed by atoms with van der Waals surface area (Å²) in [5.74, 6) is 0. The smallest absolute Gasteiger partial charge is 0.0705 e. The first kappa shape index (κ1) is 13.2. The maximum atomic E-state index is 6.40. The molecule has 20 heavy (non-hydrogen) atoms. The fourth-order valence-corrected chi connectivity index (χ4v) is 2.57. The van der Waals surface area contributed by atoms with Crippen LogP contribution in [0.1, 0.15) is 24.2 Å². The van der Waals surface area contributed by atoms with Crippen LogP contribution in [0.3, 0.4) is 0 Å². The average Bonchev–Trinajstić information content (AvgIpc) is 2.83. The lowest BCUT2D eigenvalue weighted by molar-refractivity contribution is 0.568. The molecule has 3 nitrogen and oxygen atoms in total. The lowest BCUT2D eigenvalue weighted by Crippen LogP contribution is -2.18. The molecule has 2 heterocycles. The Kier molecular flexibility index (Phi) is 3.72. The van der Waals surface area contributed by atoms with E-state index in [1.54, 1.807) is 6.20 Å². The lowest BCUT2D eigenvalue weighted by atomic mass is 10.1. The number of aromatic amines is 1. The highest BCUT2D eigenvalue weighted by atomic mass is 35.5. The molecule has 2 N–H and O–H groups in total. The van der Waals surface area contributed by atoms with Crippen LogP contribution in [0.15, 0.2) is 48.8 Å². The highest BCUT2D eigenvalue weighted by Crippen LogP contribution is 2.27. The molecule has 2 aromatic heterocycles. The van der Waals surface area contributed by atoms with Gasteiger partial charge in [0, 0.05) is 41.6 Å². The van der Waals surface area contributed by atoms with Gasteiger partial charge >= 0.3 is 0 Å². The van der Waals surface area contributed by atoms with Crippen molar-refractivity contribution in [2.45, 2.75) is 19.5 Å². The van der Waals surface area contributed by atoms with E-state index in [4.69, 9.17) is 11.6 Å². The Morgan fingerprint density at radius 1 is 1.25 bits per heavy atom. The van der Waals surface area contributed by atoms with Crippen molar-refractivity contribution >= 4 is 22.5 Å². The highest BCUT2D eigenvalue weighted by Gasteiger charge is 2.10. The number of fused-ring (bicyclic) bond motifs is 1. The molecule has 1 aromatic carbocycles. The van der Waals surface area contributed by atoms with Gasteiger partial charge in [-0.3, -0.25) is 4.98 Å². The van der Waals surface area contributed by atoms with E-state index < -0.39 is 0 Å². The molecule has 4 heteroatoms. The molecule has 3 aromatic rings.